The molecule has 13 nitrogen and oxygen atoms in total. The van der Waals surface area contributed by atoms with E-state index in [0.717, 1.165) is 26.8 Å². The van der Waals surface area contributed by atoms with Crippen molar-refractivity contribution in [2.24, 2.45) is 11.1 Å². The third kappa shape index (κ3) is 9.38. The lowest BCUT2D eigenvalue weighted by Crippen LogP contribution is -2.57. The molecule has 2 heterocycles. The average Bonchev–Trinajstić information content (AvgIpc) is 3.61. The Labute approximate surface area is 285 Å². The summed E-state index contributed by atoms with van der Waals surface area (Å²) in [6.07, 6.45) is -1.11. The Kier molecular flexibility index (Phi) is 12.7. The van der Waals surface area contributed by atoms with Crippen molar-refractivity contribution in [3.8, 4) is 0 Å². The van der Waals surface area contributed by atoms with E-state index in [1.807, 2.05) is 56.5 Å². The highest BCUT2D eigenvalue weighted by molar-refractivity contribution is 7.89. The van der Waals surface area contributed by atoms with Gasteiger partial charge in [0.05, 0.1) is 46.6 Å². The molecule has 0 bridgehead atoms. The van der Waals surface area contributed by atoms with Gasteiger partial charge in [-0.15, -0.1) is 11.3 Å². The van der Waals surface area contributed by atoms with Crippen LogP contribution in [0.3, 0.4) is 0 Å². The van der Waals surface area contributed by atoms with E-state index in [0.29, 0.717) is 25.2 Å². The molecule has 1 aliphatic heterocycles. The van der Waals surface area contributed by atoms with E-state index < -0.39 is 46.8 Å². The highest BCUT2D eigenvalue weighted by Gasteiger charge is 2.40. The number of amides is 3. The van der Waals surface area contributed by atoms with Crippen molar-refractivity contribution in [2.75, 3.05) is 26.2 Å². The molecule has 0 saturated carbocycles. The van der Waals surface area contributed by atoms with Crippen LogP contribution in [0.25, 0.3) is 0 Å². The molecule has 4 N–H and O–H groups in total. The number of aliphatic hydroxyl groups excluding tert-OH is 2. The van der Waals surface area contributed by atoms with Crippen LogP contribution >= 0.6 is 11.3 Å². The predicted molar refractivity (Wildman–Crippen MR) is 182 cm³/mol. The summed E-state index contributed by atoms with van der Waals surface area (Å²) in [5, 5.41) is 39.4. The van der Waals surface area contributed by atoms with Crippen LogP contribution < -0.4 is 5.32 Å². The number of oxime groups is 1. The minimum Gasteiger partial charge on any atom is -0.411 e. The molecule has 48 heavy (non-hydrogen) atoms. The Bertz CT molecular complexity index is 1650. The second-order valence-corrected chi connectivity index (χ2v) is 15.3. The molecule has 260 valence electrons. The van der Waals surface area contributed by atoms with Crippen molar-refractivity contribution in [2.45, 2.75) is 69.8 Å². The van der Waals surface area contributed by atoms with Gasteiger partial charge in [-0.2, -0.15) is 4.31 Å². The number of nitrogens with zero attached hydrogens (tertiary/aromatic N) is 5. The van der Waals surface area contributed by atoms with Crippen LogP contribution in [-0.4, -0.2) is 112 Å². The van der Waals surface area contributed by atoms with E-state index in [9.17, 15) is 28.2 Å². The number of thiazole rings is 1. The molecule has 1 aromatic heterocycles. The SMILES string of the molecule is Cc1nc(CN2CCN([C@H](C(=O)N[C@@H](Cc3ccccc3)[C@@H](O)CN(CC(C)O)S(=O)(=O)c3ccc(C=NO)cc3)C(C)C)C2=O)cs1. The van der Waals surface area contributed by atoms with Gasteiger partial charge >= 0.3 is 6.03 Å². The number of urea groups is 1. The van der Waals surface area contributed by atoms with Crippen molar-refractivity contribution in [1.29, 1.82) is 0 Å². The van der Waals surface area contributed by atoms with Gasteiger partial charge in [-0.3, -0.25) is 4.79 Å². The molecule has 2 aromatic carbocycles. The first-order chi connectivity index (χ1) is 22.8. The molecule has 15 heteroatoms. The van der Waals surface area contributed by atoms with Crippen LogP contribution in [0.2, 0.25) is 0 Å². The van der Waals surface area contributed by atoms with Crippen molar-refractivity contribution in [3.05, 3.63) is 81.8 Å². The number of hydrogen-bond acceptors (Lipinski definition) is 10. The number of aryl methyl sites for hydroxylation is 1. The maximum Gasteiger partial charge on any atom is 0.321 e. The van der Waals surface area contributed by atoms with Crippen LogP contribution in [0.15, 0.2) is 70.0 Å². The second kappa shape index (κ2) is 16.5. The molecule has 1 unspecified atom stereocenters. The van der Waals surface area contributed by atoms with E-state index in [1.165, 1.54) is 42.5 Å². The Morgan fingerprint density at radius 1 is 1.08 bits per heavy atom. The van der Waals surface area contributed by atoms with Crippen LogP contribution in [0, 0.1) is 12.8 Å². The van der Waals surface area contributed by atoms with Crippen LogP contribution in [-0.2, 0) is 27.8 Å². The lowest BCUT2D eigenvalue weighted by Gasteiger charge is -2.34. The fraction of sp³-hybridized carbons (Fsp3) is 0.455. The second-order valence-electron chi connectivity index (χ2n) is 12.3. The van der Waals surface area contributed by atoms with Crippen LogP contribution in [0.1, 0.15) is 42.6 Å². The van der Waals surface area contributed by atoms with Gasteiger partial charge in [-0.1, -0.05) is 61.5 Å². The average molecular weight is 701 g/mol. The molecule has 1 saturated heterocycles. The summed E-state index contributed by atoms with van der Waals surface area (Å²) in [7, 11) is -4.21. The van der Waals surface area contributed by atoms with Crippen molar-refractivity contribution in [3.63, 3.8) is 0 Å². The molecule has 1 fully saturated rings. The number of nitrogens with one attached hydrogen (secondary N) is 1. The summed E-state index contributed by atoms with van der Waals surface area (Å²) in [5.74, 6) is -0.730. The van der Waals surface area contributed by atoms with Gasteiger partial charge in [0.1, 0.15) is 6.04 Å². The summed E-state index contributed by atoms with van der Waals surface area (Å²) < 4.78 is 28.4. The Hall–Kier alpha value is -3.89. The van der Waals surface area contributed by atoms with Crippen LogP contribution in [0.5, 0.6) is 0 Å². The quantitative estimate of drug-likeness (QED) is 0.100. The Balaban J connectivity index is 1.57. The molecule has 4 atom stereocenters. The maximum absolute atomic E-state index is 14.0. The highest BCUT2D eigenvalue weighted by Crippen LogP contribution is 2.23. The smallest absolute Gasteiger partial charge is 0.321 e. The summed E-state index contributed by atoms with van der Waals surface area (Å²) in [6.45, 7) is 7.41. The van der Waals surface area contributed by atoms with Gasteiger partial charge in [-0.25, -0.2) is 18.2 Å². The number of rotatable bonds is 16. The van der Waals surface area contributed by atoms with Crippen molar-refractivity contribution < 1.29 is 33.4 Å². The summed E-state index contributed by atoms with van der Waals surface area (Å²) in [5.41, 5.74) is 2.06. The third-order valence-corrected chi connectivity index (χ3v) is 10.7. The van der Waals surface area contributed by atoms with E-state index in [-0.39, 0.29) is 29.8 Å². The number of hydrogen-bond donors (Lipinski definition) is 4. The fourth-order valence-electron chi connectivity index (χ4n) is 5.75. The minimum atomic E-state index is -4.21. The van der Waals surface area contributed by atoms with Crippen molar-refractivity contribution in [1.82, 2.24) is 24.4 Å². The highest BCUT2D eigenvalue weighted by atomic mass is 32.2. The summed E-state index contributed by atoms with van der Waals surface area (Å²) in [4.78, 5) is 35.1. The largest absolute Gasteiger partial charge is 0.411 e. The van der Waals surface area contributed by atoms with E-state index in [1.54, 1.807) is 9.80 Å². The van der Waals surface area contributed by atoms with Gasteiger partial charge < -0.3 is 30.5 Å². The lowest BCUT2D eigenvalue weighted by molar-refractivity contribution is -0.128. The number of benzene rings is 2. The molecule has 0 radical (unpaired) electrons. The summed E-state index contributed by atoms with van der Waals surface area (Å²) >= 11 is 1.51. The standard InChI is InChI=1S/C33H44N6O7S2/c1-22(2)31(39-15-14-37(33(39)43)19-27-21-47-24(4)35-27)32(42)36-29(16-25-8-6-5-7-9-25)30(41)20-38(18-23(3)40)48(45,46)28-12-10-26(11-13-28)17-34-44/h5-13,17,21-23,29-31,40-41,44H,14-16,18-20H2,1-4H3,(H,36,42)/t23?,29-,30-,31-/m0/s1. The number of aromatic nitrogens is 1. The maximum atomic E-state index is 14.0. The Morgan fingerprint density at radius 3 is 2.35 bits per heavy atom. The number of carbonyl (C=O) groups excluding carboxylic acids is 2. The van der Waals surface area contributed by atoms with E-state index >= 15 is 0 Å². The lowest BCUT2D eigenvalue weighted by atomic mass is 9.98. The number of aliphatic hydroxyl groups is 2. The third-order valence-electron chi connectivity index (χ3n) is 8.06. The monoisotopic (exact) mass is 700 g/mol. The molecule has 4 rings (SSSR count). The van der Waals surface area contributed by atoms with Gasteiger partial charge in [-0.05, 0) is 49.4 Å². The molecule has 1 aliphatic rings. The normalized spacial score (nSPS) is 16.5. The van der Waals surface area contributed by atoms with E-state index in [4.69, 9.17) is 5.21 Å². The summed E-state index contributed by atoms with van der Waals surface area (Å²) in [6, 6.07) is 12.7. The molecule has 0 spiro atoms. The van der Waals surface area contributed by atoms with Gasteiger partial charge in [0.15, 0.2) is 0 Å². The van der Waals surface area contributed by atoms with Gasteiger partial charge in [0.2, 0.25) is 15.9 Å². The molecule has 0 aliphatic carbocycles. The number of sulfonamides is 1. The van der Waals surface area contributed by atoms with E-state index in [2.05, 4.69) is 15.5 Å². The molecular weight excluding hydrogens is 657 g/mol. The zero-order valence-electron chi connectivity index (χ0n) is 27.5. The molecule has 3 amide bonds. The fourth-order valence-corrected chi connectivity index (χ4v) is 7.89. The Morgan fingerprint density at radius 2 is 1.77 bits per heavy atom. The van der Waals surface area contributed by atoms with Crippen molar-refractivity contribution >= 4 is 39.5 Å². The molecular formula is C33H44N6O7S2. The zero-order chi connectivity index (χ0) is 35.0. The first-order valence-electron chi connectivity index (χ1n) is 15.7. The van der Waals surface area contributed by atoms with Gasteiger partial charge in [0, 0.05) is 31.6 Å². The first kappa shape index (κ1) is 36.9. The zero-order valence-corrected chi connectivity index (χ0v) is 29.1. The topological polar surface area (TPSA) is 176 Å². The minimum absolute atomic E-state index is 0.0844. The first-order valence-corrected chi connectivity index (χ1v) is 18.1. The van der Waals surface area contributed by atoms with Gasteiger partial charge in [0.25, 0.3) is 0 Å². The molecule has 3 aromatic rings. The number of carbonyl (C=O) groups is 2. The predicted octanol–water partition coefficient (Wildman–Crippen LogP) is 2.68. The van der Waals surface area contributed by atoms with Crippen LogP contribution in [0.4, 0.5) is 4.79 Å².